The molecule has 1 aliphatic heterocycles. The van der Waals surface area contributed by atoms with Crippen molar-refractivity contribution in [2.24, 2.45) is 5.73 Å². The number of carbonyl (C=O) groups excluding carboxylic acids is 2. The van der Waals surface area contributed by atoms with E-state index in [0.717, 1.165) is 33.9 Å². The fraction of sp³-hybridized carbons (Fsp3) is 0.389. The zero-order chi connectivity index (χ0) is 17.3. The van der Waals surface area contributed by atoms with Crippen molar-refractivity contribution in [1.82, 2.24) is 9.88 Å². The summed E-state index contributed by atoms with van der Waals surface area (Å²) in [6, 6.07) is 7.50. The maximum Gasteiger partial charge on any atom is 0.274 e. The van der Waals surface area contributed by atoms with Gasteiger partial charge in [0.2, 0.25) is 5.91 Å². The largest absolute Gasteiger partial charge is 0.368 e. The van der Waals surface area contributed by atoms with E-state index in [0.29, 0.717) is 18.7 Å². The van der Waals surface area contributed by atoms with Crippen LogP contribution in [0.2, 0.25) is 0 Å². The summed E-state index contributed by atoms with van der Waals surface area (Å²) < 4.78 is 0. The van der Waals surface area contributed by atoms with Gasteiger partial charge >= 0.3 is 0 Å². The topological polar surface area (TPSA) is 76.3 Å². The monoisotopic (exact) mass is 343 g/mol. The number of likely N-dealkylation sites (tertiary alicyclic amines) is 1. The van der Waals surface area contributed by atoms with Gasteiger partial charge in [0.1, 0.15) is 11.7 Å². The number of nitrogens with zero attached hydrogens (tertiary/aromatic N) is 2. The zero-order valence-corrected chi connectivity index (χ0v) is 14.7. The van der Waals surface area contributed by atoms with Gasteiger partial charge in [0.05, 0.1) is 9.88 Å². The van der Waals surface area contributed by atoms with Crippen molar-refractivity contribution in [3.05, 3.63) is 40.5 Å². The van der Waals surface area contributed by atoms with Gasteiger partial charge in [0.15, 0.2) is 0 Å². The van der Waals surface area contributed by atoms with Crippen molar-refractivity contribution in [2.45, 2.75) is 39.2 Å². The average molecular weight is 343 g/mol. The van der Waals surface area contributed by atoms with Crippen LogP contribution in [0, 0.1) is 13.8 Å². The number of thiazole rings is 1. The summed E-state index contributed by atoms with van der Waals surface area (Å²) in [5, 5.41) is 0.836. The first-order valence-electron chi connectivity index (χ1n) is 8.12. The molecule has 24 heavy (non-hydrogen) atoms. The van der Waals surface area contributed by atoms with Gasteiger partial charge in [-0.05, 0) is 38.7 Å². The number of aryl methyl sites for hydroxylation is 2. The van der Waals surface area contributed by atoms with Crippen molar-refractivity contribution < 1.29 is 9.59 Å². The van der Waals surface area contributed by atoms with Gasteiger partial charge in [-0.2, -0.15) is 0 Å². The van der Waals surface area contributed by atoms with Crippen LogP contribution in [0.5, 0.6) is 0 Å². The minimum absolute atomic E-state index is 0.195. The molecule has 2 amide bonds. The standard InChI is InChI=1S/C18H21N3O2S/c1-11-6-5-7-13(10-11)16-15(20-12(2)24-16)18(23)21-9-4-3-8-14(21)17(19)22/h5-7,10,14H,3-4,8-9H2,1-2H3,(H2,19,22). The second-order valence-corrected chi connectivity index (χ2v) is 7.40. The molecule has 1 saturated heterocycles. The van der Waals surface area contributed by atoms with Crippen LogP contribution in [-0.4, -0.2) is 34.3 Å². The van der Waals surface area contributed by atoms with Gasteiger partial charge in [-0.25, -0.2) is 4.98 Å². The third-order valence-corrected chi connectivity index (χ3v) is 5.33. The molecule has 0 spiro atoms. The lowest BCUT2D eigenvalue weighted by Gasteiger charge is -2.33. The molecule has 1 atom stereocenters. The lowest BCUT2D eigenvalue weighted by molar-refractivity contribution is -0.123. The van der Waals surface area contributed by atoms with Crippen LogP contribution in [-0.2, 0) is 4.79 Å². The number of piperidine rings is 1. The third kappa shape index (κ3) is 3.19. The maximum atomic E-state index is 13.1. The molecule has 126 valence electrons. The van der Waals surface area contributed by atoms with Crippen LogP contribution < -0.4 is 5.73 Å². The molecule has 5 nitrogen and oxygen atoms in total. The van der Waals surface area contributed by atoms with Gasteiger partial charge in [-0.15, -0.1) is 11.3 Å². The number of amides is 2. The molecule has 0 radical (unpaired) electrons. The molecular formula is C18H21N3O2S. The number of aromatic nitrogens is 1. The average Bonchev–Trinajstić information content (AvgIpc) is 2.96. The minimum Gasteiger partial charge on any atom is -0.368 e. The lowest BCUT2D eigenvalue weighted by atomic mass is 10.0. The molecule has 1 unspecified atom stereocenters. The molecule has 2 aromatic rings. The third-order valence-electron chi connectivity index (χ3n) is 4.31. The lowest BCUT2D eigenvalue weighted by Crippen LogP contribution is -2.50. The Hall–Kier alpha value is -2.21. The number of benzene rings is 1. The summed E-state index contributed by atoms with van der Waals surface area (Å²) >= 11 is 1.50. The van der Waals surface area contributed by atoms with Crippen LogP contribution in [0.15, 0.2) is 24.3 Å². The molecule has 1 aliphatic rings. The van der Waals surface area contributed by atoms with E-state index in [1.165, 1.54) is 11.3 Å². The molecule has 0 bridgehead atoms. The van der Waals surface area contributed by atoms with Gasteiger partial charge < -0.3 is 10.6 Å². The van der Waals surface area contributed by atoms with E-state index < -0.39 is 11.9 Å². The second kappa shape index (κ2) is 6.73. The Morgan fingerprint density at radius 1 is 1.29 bits per heavy atom. The number of primary amides is 1. The van der Waals surface area contributed by atoms with Crippen molar-refractivity contribution in [1.29, 1.82) is 0 Å². The molecular weight excluding hydrogens is 322 g/mol. The van der Waals surface area contributed by atoms with E-state index in [1.54, 1.807) is 4.90 Å². The number of rotatable bonds is 3. The number of nitrogens with two attached hydrogens (primary N) is 1. The Bertz CT molecular complexity index is 784. The summed E-state index contributed by atoms with van der Waals surface area (Å²) in [5.74, 6) is -0.633. The van der Waals surface area contributed by atoms with Crippen LogP contribution in [0.1, 0.15) is 40.3 Å². The summed E-state index contributed by atoms with van der Waals surface area (Å²) in [5.41, 5.74) is 8.04. The van der Waals surface area contributed by atoms with Crippen molar-refractivity contribution in [3.8, 4) is 10.4 Å². The van der Waals surface area contributed by atoms with Crippen molar-refractivity contribution >= 4 is 23.2 Å². The van der Waals surface area contributed by atoms with Crippen LogP contribution >= 0.6 is 11.3 Å². The molecule has 3 rings (SSSR count). The molecule has 0 saturated carbocycles. The van der Waals surface area contributed by atoms with E-state index in [2.05, 4.69) is 4.98 Å². The number of hydrogen-bond donors (Lipinski definition) is 1. The first kappa shape index (κ1) is 16.6. The summed E-state index contributed by atoms with van der Waals surface area (Å²) in [7, 11) is 0. The number of carbonyl (C=O) groups is 2. The first-order valence-corrected chi connectivity index (χ1v) is 8.94. The molecule has 1 fully saturated rings. The highest BCUT2D eigenvalue weighted by molar-refractivity contribution is 7.15. The summed E-state index contributed by atoms with van der Waals surface area (Å²) in [4.78, 5) is 31.7. The Labute approximate surface area is 145 Å². The highest BCUT2D eigenvalue weighted by atomic mass is 32.1. The van der Waals surface area contributed by atoms with Gasteiger partial charge in [-0.3, -0.25) is 9.59 Å². The Morgan fingerprint density at radius 3 is 2.79 bits per heavy atom. The van der Waals surface area contributed by atoms with Gasteiger partial charge in [-0.1, -0.05) is 29.8 Å². The van der Waals surface area contributed by atoms with E-state index in [-0.39, 0.29) is 5.91 Å². The normalized spacial score (nSPS) is 17.8. The number of hydrogen-bond acceptors (Lipinski definition) is 4. The van der Waals surface area contributed by atoms with E-state index in [4.69, 9.17) is 5.73 Å². The van der Waals surface area contributed by atoms with E-state index >= 15 is 0 Å². The van der Waals surface area contributed by atoms with Crippen LogP contribution in [0.3, 0.4) is 0 Å². The predicted octanol–water partition coefficient (Wildman–Crippen LogP) is 2.91. The zero-order valence-electron chi connectivity index (χ0n) is 13.9. The molecule has 1 aromatic carbocycles. The molecule has 6 heteroatoms. The van der Waals surface area contributed by atoms with Gasteiger partial charge in [0.25, 0.3) is 5.91 Å². The predicted molar refractivity (Wildman–Crippen MR) is 94.9 cm³/mol. The smallest absolute Gasteiger partial charge is 0.274 e. The Morgan fingerprint density at radius 2 is 2.08 bits per heavy atom. The fourth-order valence-corrected chi connectivity index (χ4v) is 4.07. The fourth-order valence-electron chi connectivity index (χ4n) is 3.16. The van der Waals surface area contributed by atoms with Crippen LogP contribution in [0.25, 0.3) is 10.4 Å². The van der Waals surface area contributed by atoms with E-state index in [9.17, 15) is 9.59 Å². The molecule has 2 N–H and O–H groups in total. The molecule has 0 aliphatic carbocycles. The van der Waals surface area contributed by atoms with Crippen LogP contribution in [0.4, 0.5) is 0 Å². The Kier molecular flexibility index (Phi) is 4.66. The maximum absolute atomic E-state index is 13.1. The highest BCUT2D eigenvalue weighted by Crippen LogP contribution is 2.32. The second-order valence-electron chi connectivity index (χ2n) is 6.19. The SMILES string of the molecule is Cc1cccc(-c2sc(C)nc2C(=O)N2CCCCC2C(N)=O)c1. The molecule has 1 aromatic heterocycles. The quantitative estimate of drug-likeness (QED) is 0.931. The molecule has 2 heterocycles. The minimum atomic E-state index is -0.529. The summed E-state index contributed by atoms with van der Waals surface area (Å²) in [6.07, 6.45) is 2.43. The van der Waals surface area contributed by atoms with Gasteiger partial charge in [0, 0.05) is 6.54 Å². The van der Waals surface area contributed by atoms with Crippen molar-refractivity contribution in [2.75, 3.05) is 6.54 Å². The van der Waals surface area contributed by atoms with Crippen molar-refractivity contribution in [3.63, 3.8) is 0 Å². The van der Waals surface area contributed by atoms with E-state index in [1.807, 2.05) is 38.1 Å². The Balaban J connectivity index is 2.00. The first-order chi connectivity index (χ1) is 11.5. The summed E-state index contributed by atoms with van der Waals surface area (Å²) in [6.45, 7) is 4.46. The highest BCUT2D eigenvalue weighted by Gasteiger charge is 2.33.